The Morgan fingerprint density at radius 3 is 2.78 bits per heavy atom. The monoisotopic (exact) mass is 345 g/mol. The zero-order valence-electron chi connectivity index (χ0n) is 11.8. The molecule has 2 aromatic heterocycles. The van der Waals surface area contributed by atoms with Crippen LogP contribution in [-0.2, 0) is 6.54 Å². The van der Waals surface area contributed by atoms with Crippen molar-refractivity contribution in [3.63, 3.8) is 0 Å². The fraction of sp³-hybridized carbons (Fsp3) is 0.0667. The van der Waals surface area contributed by atoms with Gasteiger partial charge in [0.05, 0.1) is 15.1 Å². The van der Waals surface area contributed by atoms with E-state index in [4.69, 9.17) is 0 Å². The zero-order valence-corrected chi connectivity index (χ0v) is 13.5. The molecule has 0 aliphatic heterocycles. The third-order valence-corrected chi connectivity index (χ3v) is 5.16. The fourth-order valence-electron chi connectivity index (χ4n) is 2.09. The Hall–Kier alpha value is -2.58. The van der Waals surface area contributed by atoms with E-state index in [0.717, 1.165) is 21.6 Å². The highest BCUT2D eigenvalue weighted by molar-refractivity contribution is 7.17. The van der Waals surface area contributed by atoms with Crippen molar-refractivity contribution < 1.29 is 9.72 Å². The standard InChI is InChI=1S/C15H11N3O3S2/c1-2-9-17-10-5-3-4-6-11(10)23-15(17)16-14(19)12-7-8-13(22-12)18(20)21/h2-8H,1,9H2. The Balaban J connectivity index is 2.08. The molecule has 0 atom stereocenters. The summed E-state index contributed by atoms with van der Waals surface area (Å²) in [5.74, 6) is -0.479. The average molecular weight is 345 g/mol. The zero-order chi connectivity index (χ0) is 16.4. The third-order valence-electron chi connectivity index (χ3n) is 3.08. The number of nitrogens with zero attached hydrogens (tertiary/aromatic N) is 3. The third kappa shape index (κ3) is 2.99. The highest BCUT2D eigenvalue weighted by atomic mass is 32.1. The van der Waals surface area contributed by atoms with Crippen LogP contribution in [0.25, 0.3) is 10.2 Å². The molecule has 6 nitrogen and oxygen atoms in total. The summed E-state index contributed by atoms with van der Waals surface area (Å²) >= 11 is 2.23. The van der Waals surface area contributed by atoms with Crippen molar-refractivity contribution in [1.29, 1.82) is 0 Å². The molecule has 0 aliphatic rings. The van der Waals surface area contributed by atoms with Crippen LogP contribution in [0.2, 0.25) is 0 Å². The maximum atomic E-state index is 12.3. The Morgan fingerprint density at radius 1 is 1.30 bits per heavy atom. The summed E-state index contributed by atoms with van der Waals surface area (Å²) in [6, 6.07) is 10.5. The molecule has 116 valence electrons. The van der Waals surface area contributed by atoms with Crippen LogP contribution in [0.5, 0.6) is 0 Å². The SMILES string of the molecule is C=CCn1c(=NC(=O)c2ccc([N+](=O)[O-])s2)sc2ccccc21. The van der Waals surface area contributed by atoms with E-state index in [0.29, 0.717) is 11.3 Å². The Kier molecular flexibility index (Phi) is 4.18. The minimum atomic E-state index is -0.515. The van der Waals surface area contributed by atoms with Gasteiger partial charge in [-0.1, -0.05) is 40.9 Å². The number of rotatable bonds is 4. The lowest BCUT2D eigenvalue weighted by atomic mass is 10.3. The fourth-order valence-corrected chi connectivity index (χ4v) is 3.84. The van der Waals surface area contributed by atoms with Gasteiger partial charge in [-0.15, -0.1) is 6.58 Å². The van der Waals surface area contributed by atoms with E-state index in [1.54, 1.807) is 6.08 Å². The molecule has 0 bridgehead atoms. The van der Waals surface area contributed by atoms with Crippen molar-refractivity contribution in [3.8, 4) is 0 Å². The number of thiophene rings is 1. The lowest BCUT2D eigenvalue weighted by Gasteiger charge is -1.99. The van der Waals surface area contributed by atoms with Crippen molar-refractivity contribution in [2.75, 3.05) is 0 Å². The second-order valence-electron chi connectivity index (χ2n) is 4.56. The van der Waals surface area contributed by atoms with E-state index in [1.165, 1.54) is 23.5 Å². The van der Waals surface area contributed by atoms with Crippen LogP contribution in [0.3, 0.4) is 0 Å². The van der Waals surface area contributed by atoms with Crippen LogP contribution in [-0.4, -0.2) is 15.4 Å². The number of nitro groups is 1. The lowest BCUT2D eigenvalue weighted by molar-refractivity contribution is -0.380. The number of benzene rings is 1. The molecule has 8 heteroatoms. The molecule has 0 N–H and O–H groups in total. The van der Waals surface area contributed by atoms with Crippen LogP contribution in [0.15, 0.2) is 54.0 Å². The van der Waals surface area contributed by atoms with E-state index in [1.807, 2.05) is 28.8 Å². The Bertz CT molecular complexity index is 981. The topological polar surface area (TPSA) is 77.5 Å². The number of allylic oxidation sites excluding steroid dienone is 1. The Morgan fingerprint density at radius 2 is 2.09 bits per heavy atom. The smallest absolute Gasteiger partial charge is 0.312 e. The highest BCUT2D eigenvalue weighted by Crippen LogP contribution is 2.24. The maximum absolute atomic E-state index is 12.3. The normalized spacial score (nSPS) is 11.7. The van der Waals surface area contributed by atoms with Gasteiger partial charge in [0.2, 0.25) is 0 Å². The first kappa shape index (κ1) is 15.3. The van der Waals surface area contributed by atoms with Gasteiger partial charge in [0.15, 0.2) is 4.80 Å². The molecule has 2 heterocycles. The van der Waals surface area contributed by atoms with Crippen molar-refractivity contribution in [2.24, 2.45) is 4.99 Å². The lowest BCUT2D eigenvalue weighted by Crippen LogP contribution is -2.15. The maximum Gasteiger partial charge on any atom is 0.324 e. The molecule has 1 aromatic carbocycles. The summed E-state index contributed by atoms with van der Waals surface area (Å²) in [6.45, 7) is 4.26. The molecule has 0 fully saturated rings. The molecule has 3 rings (SSSR count). The van der Waals surface area contributed by atoms with Gasteiger partial charge in [0, 0.05) is 12.6 Å². The van der Waals surface area contributed by atoms with Gasteiger partial charge in [0.1, 0.15) is 4.88 Å². The molecule has 0 radical (unpaired) electrons. The molecule has 3 aromatic rings. The molecule has 1 amide bonds. The predicted molar refractivity (Wildman–Crippen MR) is 90.9 cm³/mol. The van der Waals surface area contributed by atoms with E-state index in [9.17, 15) is 14.9 Å². The summed E-state index contributed by atoms with van der Waals surface area (Å²) in [7, 11) is 0. The quantitative estimate of drug-likeness (QED) is 0.412. The van der Waals surface area contributed by atoms with Crippen LogP contribution in [0.1, 0.15) is 9.67 Å². The molecule has 0 saturated heterocycles. The number of carbonyl (C=O) groups is 1. The van der Waals surface area contributed by atoms with E-state index in [2.05, 4.69) is 11.6 Å². The molecule has 0 unspecified atom stereocenters. The second kappa shape index (κ2) is 6.27. The van der Waals surface area contributed by atoms with E-state index < -0.39 is 10.8 Å². The number of thiazole rings is 1. The van der Waals surface area contributed by atoms with Crippen LogP contribution < -0.4 is 4.80 Å². The van der Waals surface area contributed by atoms with Gasteiger partial charge >= 0.3 is 5.00 Å². The summed E-state index contributed by atoms with van der Waals surface area (Å²) in [4.78, 5) is 27.4. The van der Waals surface area contributed by atoms with E-state index in [-0.39, 0.29) is 9.88 Å². The molecular formula is C15H11N3O3S2. The second-order valence-corrected chi connectivity index (χ2v) is 6.63. The number of para-hydroxylation sites is 1. The van der Waals surface area contributed by atoms with Gasteiger partial charge in [-0.3, -0.25) is 14.9 Å². The van der Waals surface area contributed by atoms with Crippen LogP contribution in [0.4, 0.5) is 5.00 Å². The molecule has 0 saturated carbocycles. The first-order valence-electron chi connectivity index (χ1n) is 6.62. The van der Waals surface area contributed by atoms with Gasteiger partial charge in [0.25, 0.3) is 5.91 Å². The number of aromatic nitrogens is 1. The van der Waals surface area contributed by atoms with Crippen LogP contribution >= 0.6 is 22.7 Å². The minimum absolute atomic E-state index is 0.0705. The number of hydrogen-bond donors (Lipinski definition) is 0. The summed E-state index contributed by atoms with van der Waals surface area (Å²) in [6.07, 6.45) is 1.73. The molecule has 0 aliphatic carbocycles. The van der Waals surface area contributed by atoms with Crippen molar-refractivity contribution >= 4 is 43.8 Å². The van der Waals surface area contributed by atoms with Crippen LogP contribution in [0, 0.1) is 10.1 Å². The number of hydrogen-bond acceptors (Lipinski definition) is 5. The average Bonchev–Trinajstić information content (AvgIpc) is 3.14. The van der Waals surface area contributed by atoms with Gasteiger partial charge in [-0.2, -0.15) is 4.99 Å². The Labute approximate surface area is 138 Å². The van der Waals surface area contributed by atoms with E-state index >= 15 is 0 Å². The molecular weight excluding hydrogens is 334 g/mol. The van der Waals surface area contributed by atoms with Crippen molar-refractivity contribution in [2.45, 2.75) is 6.54 Å². The summed E-state index contributed by atoms with van der Waals surface area (Å²) in [5, 5.41) is 10.6. The predicted octanol–water partition coefficient (Wildman–Crippen LogP) is 3.60. The first-order valence-corrected chi connectivity index (χ1v) is 8.26. The first-order chi connectivity index (χ1) is 11.1. The van der Waals surface area contributed by atoms with Gasteiger partial charge in [-0.05, 0) is 18.2 Å². The van der Waals surface area contributed by atoms with Gasteiger partial charge in [-0.25, -0.2) is 0 Å². The molecule has 23 heavy (non-hydrogen) atoms. The van der Waals surface area contributed by atoms with Crippen molar-refractivity contribution in [3.05, 3.63) is 68.8 Å². The molecule has 0 spiro atoms. The summed E-state index contributed by atoms with van der Waals surface area (Å²) in [5.41, 5.74) is 0.973. The number of amides is 1. The minimum Gasteiger partial charge on any atom is -0.312 e. The number of fused-ring (bicyclic) bond motifs is 1. The highest BCUT2D eigenvalue weighted by Gasteiger charge is 2.15. The van der Waals surface area contributed by atoms with Gasteiger partial charge < -0.3 is 4.57 Å². The largest absolute Gasteiger partial charge is 0.324 e. The summed E-state index contributed by atoms with van der Waals surface area (Å²) < 4.78 is 2.91. The van der Waals surface area contributed by atoms with Crippen molar-refractivity contribution in [1.82, 2.24) is 4.57 Å². The number of carbonyl (C=O) groups excluding carboxylic acids is 1.